The minimum atomic E-state index is -4.53. The lowest BCUT2D eigenvalue weighted by molar-refractivity contribution is -0.384. The van der Waals surface area contributed by atoms with E-state index in [2.05, 4.69) is 15.5 Å². The second-order valence-electron chi connectivity index (χ2n) is 6.83. The van der Waals surface area contributed by atoms with Crippen LogP contribution in [-0.2, 0) is 6.18 Å². The first kappa shape index (κ1) is 24.8. The Morgan fingerprint density at radius 2 is 1.65 bits per heavy atom. The summed E-state index contributed by atoms with van der Waals surface area (Å²) >= 11 is 5.86. The maximum absolute atomic E-state index is 12.7. The smallest absolute Gasteiger partial charge is 0.417 e. The molecule has 0 bridgehead atoms. The number of pyridine rings is 1. The summed E-state index contributed by atoms with van der Waals surface area (Å²) in [4.78, 5) is 13.8. The number of benzene rings is 2. The van der Waals surface area contributed by atoms with Crippen molar-refractivity contribution >= 4 is 28.8 Å². The number of halogens is 4. The molecule has 0 spiro atoms. The summed E-state index contributed by atoms with van der Waals surface area (Å²) in [5.74, 6) is 1.08. The number of anilines is 1. The molecule has 1 N–H and O–H groups in total. The molecule has 0 aliphatic heterocycles. The zero-order chi connectivity index (χ0) is 24.7. The number of nitro groups is 1. The molecule has 0 radical (unpaired) electrons. The molecule has 0 amide bonds. The summed E-state index contributed by atoms with van der Waals surface area (Å²) in [6.07, 6.45) is -3.86. The van der Waals surface area contributed by atoms with Crippen LogP contribution in [0.15, 0.2) is 65.9 Å². The highest BCUT2D eigenvalue weighted by molar-refractivity contribution is 6.33. The van der Waals surface area contributed by atoms with Gasteiger partial charge in [-0.3, -0.25) is 15.5 Å². The molecule has 12 heteroatoms. The number of hydrogen-bond acceptors (Lipinski definition) is 7. The molecular weight excluding hydrogens is 477 g/mol. The normalized spacial score (nSPS) is 11.7. The van der Waals surface area contributed by atoms with E-state index in [0.29, 0.717) is 23.4 Å². The van der Waals surface area contributed by atoms with Gasteiger partial charge in [0.1, 0.15) is 24.7 Å². The molecule has 178 valence electrons. The van der Waals surface area contributed by atoms with Gasteiger partial charge in [-0.25, -0.2) is 4.98 Å². The second kappa shape index (κ2) is 10.8. The Bertz CT molecular complexity index is 1170. The van der Waals surface area contributed by atoms with Crippen molar-refractivity contribution in [2.75, 3.05) is 18.6 Å². The molecule has 0 aliphatic carbocycles. The van der Waals surface area contributed by atoms with Crippen molar-refractivity contribution in [3.05, 3.63) is 87.1 Å². The minimum absolute atomic E-state index is 0.00184. The fourth-order valence-corrected chi connectivity index (χ4v) is 2.86. The number of alkyl halides is 3. The Morgan fingerprint density at radius 3 is 2.15 bits per heavy atom. The van der Waals surface area contributed by atoms with E-state index in [1.807, 2.05) is 0 Å². The quantitative estimate of drug-likeness (QED) is 0.171. The van der Waals surface area contributed by atoms with Gasteiger partial charge < -0.3 is 9.47 Å². The lowest BCUT2D eigenvalue weighted by atomic mass is 10.1. The Kier molecular flexibility index (Phi) is 7.90. The van der Waals surface area contributed by atoms with Crippen molar-refractivity contribution < 1.29 is 27.6 Å². The van der Waals surface area contributed by atoms with Crippen LogP contribution in [0, 0.1) is 10.1 Å². The van der Waals surface area contributed by atoms with Gasteiger partial charge in [-0.05, 0) is 55.0 Å². The van der Waals surface area contributed by atoms with Crippen LogP contribution < -0.4 is 14.9 Å². The van der Waals surface area contributed by atoms with Gasteiger partial charge in [0.15, 0.2) is 5.82 Å². The van der Waals surface area contributed by atoms with Gasteiger partial charge in [0.05, 0.1) is 21.2 Å². The number of nitro benzene ring substituents is 1. The fourth-order valence-electron chi connectivity index (χ4n) is 2.65. The highest BCUT2D eigenvalue weighted by Gasteiger charge is 2.31. The number of rotatable bonds is 9. The van der Waals surface area contributed by atoms with Gasteiger partial charge >= 0.3 is 6.18 Å². The van der Waals surface area contributed by atoms with Crippen molar-refractivity contribution in [3.8, 4) is 11.5 Å². The fraction of sp³-hybridized carbons (Fsp3) is 0.182. The molecule has 0 atom stereocenters. The molecule has 0 aliphatic rings. The summed E-state index contributed by atoms with van der Waals surface area (Å²) in [6.45, 7) is 2.20. The Morgan fingerprint density at radius 1 is 1.09 bits per heavy atom. The van der Waals surface area contributed by atoms with Crippen molar-refractivity contribution in [1.29, 1.82) is 0 Å². The number of ether oxygens (including phenoxy) is 2. The molecule has 1 aromatic heterocycles. The summed E-state index contributed by atoms with van der Waals surface area (Å²) in [5.41, 5.74) is 2.89. The van der Waals surface area contributed by atoms with Crippen LogP contribution in [0.5, 0.6) is 11.5 Å². The molecule has 0 saturated heterocycles. The van der Waals surface area contributed by atoms with E-state index in [4.69, 9.17) is 21.1 Å². The predicted octanol–water partition coefficient (Wildman–Crippen LogP) is 5.96. The maximum Gasteiger partial charge on any atom is 0.417 e. The highest BCUT2D eigenvalue weighted by Crippen LogP contribution is 2.32. The standard InChI is InChI=1S/C22H18ClF3N4O4/c1-14(28-29-21-20(23)12-16(13-27-21)22(24,25)26)15-2-6-18(7-3-15)33-10-11-34-19-8-4-17(5-9-19)30(31)32/h2-9,12-13H,10-11H2,1H3,(H,27,29)/b28-14+. The van der Waals surface area contributed by atoms with Crippen LogP contribution in [0.4, 0.5) is 24.7 Å². The summed E-state index contributed by atoms with van der Waals surface area (Å²) in [7, 11) is 0. The van der Waals surface area contributed by atoms with Crippen LogP contribution in [0.1, 0.15) is 18.1 Å². The number of aromatic nitrogens is 1. The maximum atomic E-state index is 12.7. The van der Waals surface area contributed by atoms with Gasteiger partial charge in [-0.2, -0.15) is 18.3 Å². The third-order valence-electron chi connectivity index (χ3n) is 4.44. The average Bonchev–Trinajstić information content (AvgIpc) is 2.81. The topological polar surface area (TPSA) is 98.9 Å². The van der Waals surface area contributed by atoms with E-state index in [-0.39, 0.29) is 29.7 Å². The Labute approximate surface area is 197 Å². The average molecular weight is 495 g/mol. The van der Waals surface area contributed by atoms with Crippen LogP contribution in [0.25, 0.3) is 0 Å². The highest BCUT2D eigenvalue weighted by atomic mass is 35.5. The van der Waals surface area contributed by atoms with Crippen LogP contribution in [0.2, 0.25) is 5.02 Å². The number of hydrazone groups is 1. The molecule has 0 unspecified atom stereocenters. The molecule has 34 heavy (non-hydrogen) atoms. The third kappa shape index (κ3) is 6.82. The van der Waals surface area contributed by atoms with Gasteiger partial charge in [0, 0.05) is 18.3 Å². The molecule has 3 aromatic rings. The second-order valence-corrected chi connectivity index (χ2v) is 7.24. The number of non-ortho nitro benzene ring substituents is 1. The van der Waals surface area contributed by atoms with E-state index in [1.54, 1.807) is 31.2 Å². The minimum Gasteiger partial charge on any atom is -0.490 e. The van der Waals surface area contributed by atoms with E-state index in [0.717, 1.165) is 11.6 Å². The lowest BCUT2D eigenvalue weighted by Gasteiger charge is -2.10. The first-order valence-electron chi connectivity index (χ1n) is 9.77. The molecule has 0 saturated carbocycles. The summed E-state index contributed by atoms with van der Waals surface area (Å²) in [6, 6.07) is 13.5. The van der Waals surface area contributed by atoms with Crippen molar-refractivity contribution in [3.63, 3.8) is 0 Å². The van der Waals surface area contributed by atoms with Crippen molar-refractivity contribution in [2.24, 2.45) is 5.10 Å². The van der Waals surface area contributed by atoms with Crippen molar-refractivity contribution in [2.45, 2.75) is 13.1 Å². The van der Waals surface area contributed by atoms with Crippen LogP contribution >= 0.6 is 11.6 Å². The van der Waals surface area contributed by atoms with Gasteiger partial charge in [-0.15, -0.1) is 0 Å². The van der Waals surface area contributed by atoms with E-state index < -0.39 is 16.7 Å². The summed E-state index contributed by atoms with van der Waals surface area (Å²) in [5, 5.41) is 14.5. The predicted molar refractivity (Wildman–Crippen MR) is 121 cm³/mol. The van der Waals surface area contributed by atoms with E-state index in [1.165, 1.54) is 24.3 Å². The van der Waals surface area contributed by atoms with E-state index >= 15 is 0 Å². The monoisotopic (exact) mass is 494 g/mol. The Hall–Kier alpha value is -3.86. The molecule has 3 rings (SSSR count). The van der Waals surface area contributed by atoms with E-state index in [9.17, 15) is 23.3 Å². The Balaban J connectivity index is 1.49. The molecule has 0 fully saturated rings. The van der Waals surface area contributed by atoms with Gasteiger partial charge in [-0.1, -0.05) is 11.6 Å². The molecule has 1 heterocycles. The molecule has 8 nitrogen and oxygen atoms in total. The number of hydrogen-bond donors (Lipinski definition) is 1. The van der Waals surface area contributed by atoms with Crippen LogP contribution in [-0.4, -0.2) is 28.8 Å². The number of nitrogens with one attached hydrogen (secondary N) is 1. The molecular formula is C22H18ClF3N4O4. The summed E-state index contributed by atoms with van der Waals surface area (Å²) < 4.78 is 49.2. The zero-order valence-corrected chi connectivity index (χ0v) is 18.4. The third-order valence-corrected chi connectivity index (χ3v) is 4.73. The van der Waals surface area contributed by atoms with Gasteiger partial charge in [0.2, 0.25) is 0 Å². The SMILES string of the molecule is C/C(=N\Nc1ncc(C(F)(F)F)cc1Cl)c1ccc(OCCOc2ccc([N+](=O)[O-])cc2)cc1. The van der Waals surface area contributed by atoms with Crippen molar-refractivity contribution in [1.82, 2.24) is 4.98 Å². The first-order chi connectivity index (χ1) is 16.1. The van der Waals surface area contributed by atoms with Gasteiger partial charge in [0.25, 0.3) is 5.69 Å². The lowest BCUT2D eigenvalue weighted by Crippen LogP contribution is -2.09. The first-order valence-corrected chi connectivity index (χ1v) is 10.1. The largest absolute Gasteiger partial charge is 0.490 e. The zero-order valence-electron chi connectivity index (χ0n) is 17.7. The number of nitrogens with zero attached hydrogens (tertiary/aromatic N) is 3. The van der Waals surface area contributed by atoms with Crippen LogP contribution in [0.3, 0.4) is 0 Å². The molecule has 2 aromatic carbocycles.